The van der Waals surface area contributed by atoms with Gasteiger partial charge in [-0.3, -0.25) is 0 Å². The molecule has 2 aromatic heterocycles. The third kappa shape index (κ3) is 6.72. The zero-order chi connectivity index (χ0) is 44.3. The zero-order valence-electron chi connectivity index (χ0n) is 37.3. The van der Waals surface area contributed by atoms with E-state index in [1.54, 1.807) is 0 Å². The van der Waals surface area contributed by atoms with E-state index in [1.165, 1.54) is 98.2 Å². The van der Waals surface area contributed by atoms with Gasteiger partial charge in [-0.15, -0.1) is 0 Å². The molecule has 13 rings (SSSR count). The van der Waals surface area contributed by atoms with Gasteiger partial charge in [-0.25, -0.2) is 0 Å². The van der Waals surface area contributed by atoms with Crippen LogP contribution in [0.3, 0.4) is 0 Å². The number of hydrogen-bond donors (Lipinski definition) is 0. The van der Waals surface area contributed by atoms with Crippen LogP contribution in [0.1, 0.15) is 43.6 Å². The summed E-state index contributed by atoms with van der Waals surface area (Å²) in [6.07, 6.45) is 6.43. The fourth-order valence-corrected chi connectivity index (χ4v) is 11.3. The second-order valence-electron chi connectivity index (χ2n) is 18.2. The van der Waals surface area contributed by atoms with Crippen molar-refractivity contribution in [3.8, 4) is 39.1 Å². The summed E-state index contributed by atoms with van der Waals surface area (Å²) >= 11 is 0. The lowest BCUT2D eigenvalue weighted by Gasteiger charge is -2.29. The predicted molar refractivity (Wildman–Crippen MR) is 282 cm³/mol. The molecular formula is C64H48N2O. The SMILES string of the molecule is c1ccc(-n2c3ccccc3c3cc(-c4ccc(N(c5cccc(-c6cccc7c6oc6ccccc67)c5)c5ccccc5-c5cccc6cccc(C7CCCCC7)c56)cc4)ccc32)cc1. The molecule has 67 heavy (non-hydrogen) atoms. The first-order chi connectivity index (χ1) is 33.2. The van der Waals surface area contributed by atoms with Crippen molar-refractivity contribution in [2.75, 3.05) is 4.90 Å². The van der Waals surface area contributed by atoms with Crippen LogP contribution in [0.2, 0.25) is 0 Å². The lowest BCUT2D eigenvalue weighted by atomic mass is 9.80. The Morgan fingerprint density at radius 3 is 1.97 bits per heavy atom. The molecule has 1 aliphatic carbocycles. The number of furan rings is 1. The van der Waals surface area contributed by atoms with Crippen molar-refractivity contribution in [2.45, 2.75) is 38.0 Å². The van der Waals surface area contributed by atoms with E-state index in [2.05, 4.69) is 228 Å². The van der Waals surface area contributed by atoms with Crippen LogP contribution >= 0.6 is 0 Å². The van der Waals surface area contributed by atoms with Gasteiger partial charge in [0.05, 0.1) is 16.7 Å². The van der Waals surface area contributed by atoms with Crippen molar-refractivity contribution in [3.05, 3.63) is 230 Å². The first kappa shape index (κ1) is 39.2. The molecule has 1 aliphatic rings. The summed E-state index contributed by atoms with van der Waals surface area (Å²) in [5, 5.41) is 7.44. The molecule has 1 saturated carbocycles. The molecular weight excluding hydrogens is 813 g/mol. The van der Waals surface area contributed by atoms with Gasteiger partial charge in [0.1, 0.15) is 11.2 Å². The Morgan fingerprint density at radius 2 is 1.09 bits per heavy atom. The van der Waals surface area contributed by atoms with Gasteiger partial charge in [-0.1, -0.05) is 177 Å². The van der Waals surface area contributed by atoms with Crippen LogP contribution in [0, 0.1) is 0 Å². The number of anilines is 3. The molecule has 0 aliphatic heterocycles. The second kappa shape index (κ2) is 16.4. The first-order valence-electron chi connectivity index (χ1n) is 23.9. The Balaban J connectivity index is 0.975. The molecule has 0 saturated heterocycles. The minimum absolute atomic E-state index is 0.571. The average molecular weight is 861 g/mol. The van der Waals surface area contributed by atoms with E-state index >= 15 is 0 Å². The van der Waals surface area contributed by atoms with Crippen molar-refractivity contribution in [3.63, 3.8) is 0 Å². The van der Waals surface area contributed by atoms with E-state index in [1.807, 2.05) is 6.07 Å². The van der Waals surface area contributed by atoms with E-state index in [0.29, 0.717) is 5.92 Å². The summed E-state index contributed by atoms with van der Waals surface area (Å²) in [4.78, 5) is 2.46. The van der Waals surface area contributed by atoms with Gasteiger partial charge in [0.2, 0.25) is 0 Å². The van der Waals surface area contributed by atoms with Crippen LogP contribution in [-0.2, 0) is 0 Å². The molecule has 3 nitrogen and oxygen atoms in total. The molecule has 320 valence electrons. The number of para-hydroxylation sites is 5. The summed E-state index contributed by atoms with van der Waals surface area (Å²) in [6, 6.07) is 82.2. The fourth-order valence-electron chi connectivity index (χ4n) is 11.3. The molecule has 2 heterocycles. The quantitative estimate of drug-likeness (QED) is 0.152. The van der Waals surface area contributed by atoms with Crippen LogP contribution < -0.4 is 4.90 Å². The van der Waals surface area contributed by atoms with Crippen molar-refractivity contribution in [1.82, 2.24) is 4.57 Å². The normalized spacial score (nSPS) is 13.3. The summed E-state index contributed by atoms with van der Waals surface area (Å²) in [5.74, 6) is 0.571. The highest BCUT2D eigenvalue weighted by Crippen LogP contribution is 2.47. The van der Waals surface area contributed by atoms with Gasteiger partial charge in [0, 0.05) is 49.7 Å². The second-order valence-corrected chi connectivity index (χ2v) is 18.2. The van der Waals surface area contributed by atoms with Crippen LogP contribution in [-0.4, -0.2) is 4.57 Å². The average Bonchev–Trinajstić information content (AvgIpc) is 3.95. The smallest absolute Gasteiger partial charge is 0.143 e. The number of nitrogens with zero attached hydrogens (tertiary/aromatic N) is 2. The van der Waals surface area contributed by atoms with Crippen molar-refractivity contribution in [1.29, 1.82) is 0 Å². The summed E-state index contributed by atoms with van der Waals surface area (Å²) in [7, 11) is 0. The number of aromatic nitrogens is 1. The molecule has 10 aromatic carbocycles. The maximum atomic E-state index is 6.60. The first-order valence-corrected chi connectivity index (χ1v) is 23.9. The monoisotopic (exact) mass is 860 g/mol. The Morgan fingerprint density at radius 1 is 0.418 bits per heavy atom. The minimum atomic E-state index is 0.571. The summed E-state index contributed by atoms with van der Waals surface area (Å²) < 4.78 is 8.98. The maximum absolute atomic E-state index is 6.60. The number of fused-ring (bicyclic) bond motifs is 7. The minimum Gasteiger partial charge on any atom is -0.455 e. The van der Waals surface area contributed by atoms with E-state index in [0.717, 1.165) is 50.1 Å². The van der Waals surface area contributed by atoms with E-state index in [4.69, 9.17) is 4.42 Å². The van der Waals surface area contributed by atoms with Gasteiger partial charge in [-0.2, -0.15) is 0 Å². The highest BCUT2D eigenvalue weighted by molar-refractivity contribution is 6.11. The standard InChI is InChI=1S/C64H48N2O/c1-3-17-44(18-4-1)51-28-14-19-45-20-15-30-56(63(45)51)53-25-7-10-32-59(53)65(50-24-13-21-47(41-50)52-29-16-31-57-55-27-9-12-34-62(55)67-64(52)57)49-38-35-43(36-39-49)46-37-40-61-58(42-46)54-26-8-11-33-60(54)66(61)48-22-5-2-6-23-48/h2,5-16,19-42,44H,1,3-4,17-18H2. The van der Waals surface area contributed by atoms with Crippen molar-refractivity contribution < 1.29 is 4.42 Å². The Kier molecular flexibility index (Phi) is 9.60. The van der Waals surface area contributed by atoms with Gasteiger partial charge < -0.3 is 13.9 Å². The topological polar surface area (TPSA) is 21.3 Å². The van der Waals surface area contributed by atoms with Gasteiger partial charge in [-0.05, 0) is 124 Å². The van der Waals surface area contributed by atoms with Crippen LogP contribution in [0.15, 0.2) is 229 Å². The molecule has 0 atom stereocenters. The van der Waals surface area contributed by atoms with E-state index in [9.17, 15) is 0 Å². The number of hydrogen-bond acceptors (Lipinski definition) is 2. The van der Waals surface area contributed by atoms with Gasteiger partial charge in [0.15, 0.2) is 0 Å². The van der Waals surface area contributed by atoms with Crippen LogP contribution in [0.4, 0.5) is 17.1 Å². The van der Waals surface area contributed by atoms with E-state index in [-0.39, 0.29) is 0 Å². The zero-order valence-corrected chi connectivity index (χ0v) is 37.3. The summed E-state index contributed by atoms with van der Waals surface area (Å²) in [6.45, 7) is 0. The number of benzene rings is 10. The fraction of sp³-hybridized carbons (Fsp3) is 0.0938. The Labute approximate surface area is 390 Å². The molecule has 12 aromatic rings. The lowest BCUT2D eigenvalue weighted by Crippen LogP contribution is -2.11. The molecule has 0 amide bonds. The van der Waals surface area contributed by atoms with E-state index < -0.39 is 0 Å². The van der Waals surface area contributed by atoms with Crippen molar-refractivity contribution >= 4 is 71.6 Å². The highest BCUT2D eigenvalue weighted by atomic mass is 16.3. The van der Waals surface area contributed by atoms with Gasteiger partial charge >= 0.3 is 0 Å². The summed E-state index contributed by atoms with van der Waals surface area (Å²) in [5.41, 5.74) is 17.2. The molecule has 0 unspecified atom stereocenters. The van der Waals surface area contributed by atoms with Crippen LogP contribution in [0.5, 0.6) is 0 Å². The molecule has 3 heteroatoms. The highest BCUT2D eigenvalue weighted by Gasteiger charge is 2.24. The maximum Gasteiger partial charge on any atom is 0.143 e. The lowest BCUT2D eigenvalue weighted by molar-refractivity contribution is 0.445. The number of rotatable bonds is 8. The molecule has 0 bridgehead atoms. The predicted octanol–water partition coefficient (Wildman–Crippen LogP) is 18.4. The molecule has 0 spiro atoms. The Hall–Kier alpha value is -8.14. The molecule has 1 fully saturated rings. The third-order valence-corrected chi connectivity index (χ3v) is 14.4. The largest absolute Gasteiger partial charge is 0.455 e. The third-order valence-electron chi connectivity index (χ3n) is 14.4. The molecule has 0 radical (unpaired) electrons. The van der Waals surface area contributed by atoms with Crippen LogP contribution in [0.25, 0.3) is 93.6 Å². The Bertz CT molecular complexity index is 3790. The molecule has 0 N–H and O–H groups in total. The van der Waals surface area contributed by atoms with Crippen molar-refractivity contribution in [2.24, 2.45) is 0 Å². The van der Waals surface area contributed by atoms with Gasteiger partial charge in [0.25, 0.3) is 0 Å².